The van der Waals surface area contributed by atoms with E-state index in [2.05, 4.69) is 57.3 Å². The van der Waals surface area contributed by atoms with Crippen molar-refractivity contribution in [2.45, 2.75) is 46.3 Å². The van der Waals surface area contributed by atoms with Gasteiger partial charge < -0.3 is 10.1 Å². The summed E-state index contributed by atoms with van der Waals surface area (Å²) in [7, 11) is 1.80. The van der Waals surface area contributed by atoms with E-state index in [1.807, 2.05) is 6.07 Å². The SMILES string of the molecule is CCCNC(C(OC)c1ccccc1)C(C)(C)C. The van der Waals surface area contributed by atoms with Gasteiger partial charge in [0, 0.05) is 13.2 Å². The Morgan fingerprint density at radius 2 is 1.78 bits per heavy atom. The zero-order valence-electron chi connectivity index (χ0n) is 12.4. The Bertz CT molecular complexity index is 329. The van der Waals surface area contributed by atoms with Gasteiger partial charge >= 0.3 is 0 Å². The Kier molecular flexibility index (Phi) is 5.83. The molecule has 1 rings (SSSR count). The minimum Gasteiger partial charge on any atom is -0.375 e. The Labute approximate surface area is 112 Å². The summed E-state index contributed by atoms with van der Waals surface area (Å²) in [5.41, 5.74) is 1.40. The maximum atomic E-state index is 5.76. The molecule has 0 aromatic heterocycles. The Balaban J connectivity index is 2.94. The smallest absolute Gasteiger partial charge is 0.0979 e. The van der Waals surface area contributed by atoms with Gasteiger partial charge in [0.1, 0.15) is 0 Å². The van der Waals surface area contributed by atoms with Crippen molar-refractivity contribution in [1.82, 2.24) is 5.32 Å². The van der Waals surface area contributed by atoms with Gasteiger partial charge in [0.15, 0.2) is 0 Å². The number of methoxy groups -OCH3 is 1. The van der Waals surface area contributed by atoms with Crippen LogP contribution in [-0.2, 0) is 4.74 Å². The molecule has 102 valence electrons. The molecule has 0 saturated carbocycles. The molecule has 0 amide bonds. The van der Waals surface area contributed by atoms with Crippen LogP contribution in [0.25, 0.3) is 0 Å². The van der Waals surface area contributed by atoms with Crippen LogP contribution in [0.3, 0.4) is 0 Å². The molecule has 0 aliphatic heterocycles. The molecular weight excluding hydrogens is 222 g/mol. The first-order chi connectivity index (χ1) is 8.50. The molecule has 1 aromatic rings. The molecule has 0 aliphatic carbocycles. The number of rotatable bonds is 6. The monoisotopic (exact) mass is 249 g/mol. The van der Waals surface area contributed by atoms with Crippen LogP contribution < -0.4 is 5.32 Å². The van der Waals surface area contributed by atoms with Crippen LogP contribution in [0, 0.1) is 5.41 Å². The minimum atomic E-state index is 0.0951. The van der Waals surface area contributed by atoms with Gasteiger partial charge in [-0.3, -0.25) is 0 Å². The molecule has 2 heteroatoms. The Morgan fingerprint density at radius 1 is 1.17 bits per heavy atom. The summed E-state index contributed by atoms with van der Waals surface area (Å²) < 4.78 is 5.76. The van der Waals surface area contributed by atoms with E-state index < -0.39 is 0 Å². The van der Waals surface area contributed by atoms with Gasteiger partial charge in [0.2, 0.25) is 0 Å². The zero-order valence-corrected chi connectivity index (χ0v) is 12.4. The summed E-state index contributed by atoms with van der Waals surface area (Å²) in [5.74, 6) is 0. The number of ether oxygens (including phenoxy) is 1. The van der Waals surface area contributed by atoms with Crippen molar-refractivity contribution < 1.29 is 4.74 Å². The first-order valence-electron chi connectivity index (χ1n) is 6.81. The molecule has 2 nitrogen and oxygen atoms in total. The predicted octanol–water partition coefficient (Wildman–Crippen LogP) is 3.79. The van der Waals surface area contributed by atoms with E-state index >= 15 is 0 Å². The van der Waals surface area contributed by atoms with Crippen molar-refractivity contribution >= 4 is 0 Å². The fourth-order valence-electron chi connectivity index (χ4n) is 2.27. The number of benzene rings is 1. The van der Waals surface area contributed by atoms with Crippen molar-refractivity contribution in [3.05, 3.63) is 35.9 Å². The molecule has 0 heterocycles. The normalized spacial score (nSPS) is 15.4. The number of nitrogens with one attached hydrogen (secondary N) is 1. The van der Waals surface area contributed by atoms with Crippen LogP contribution in [0.15, 0.2) is 30.3 Å². The van der Waals surface area contributed by atoms with Crippen molar-refractivity contribution in [3.8, 4) is 0 Å². The average molecular weight is 249 g/mol. The molecule has 2 atom stereocenters. The molecule has 0 aliphatic rings. The molecule has 0 radical (unpaired) electrons. The molecular formula is C16H27NO. The molecule has 2 unspecified atom stereocenters. The molecule has 0 fully saturated rings. The zero-order chi connectivity index (χ0) is 13.6. The highest BCUT2D eigenvalue weighted by Crippen LogP contribution is 2.32. The summed E-state index contributed by atoms with van der Waals surface area (Å²) in [6.07, 6.45) is 1.23. The molecule has 0 bridgehead atoms. The fourth-order valence-corrected chi connectivity index (χ4v) is 2.27. The van der Waals surface area contributed by atoms with Gasteiger partial charge in [0.05, 0.1) is 6.10 Å². The predicted molar refractivity (Wildman–Crippen MR) is 77.7 cm³/mol. The molecule has 18 heavy (non-hydrogen) atoms. The van der Waals surface area contributed by atoms with Crippen molar-refractivity contribution in [3.63, 3.8) is 0 Å². The lowest BCUT2D eigenvalue weighted by Crippen LogP contribution is -2.45. The van der Waals surface area contributed by atoms with Crippen LogP contribution in [0.2, 0.25) is 0 Å². The van der Waals surface area contributed by atoms with E-state index in [1.165, 1.54) is 5.56 Å². The minimum absolute atomic E-state index is 0.0951. The van der Waals surface area contributed by atoms with E-state index in [-0.39, 0.29) is 11.5 Å². The molecule has 1 N–H and O–H groups in total. The van der Waals surface area contributed by atoms with Crippen molar-refractivity contribution in [2.75, 3.05) is 13.7 Å². The summed E-state index contributed by atoms with van der Waals surface area (Å²) >= 11 is 0. The first-order valence-corrected chi connectivity index (χ1v) is 6.81. The van der Waals surface area contributed by atoms with E-state index in [9.17, 15) is 0 Å². The lowest BCUT2D eigenvalue weighted by Gasteiger charge is -2.37. The Morgan fingerprint density at radius 3 is 2.22 bits per heavy atom. The largest absolute Gasteiger partial charge is 0.375 e. The van der Waals surface area contributed by atoms with Gasteiger partial charge in [0.25, 0.3) is 0 Å². The van der Waals surface area contributed by atoms with Crippen LogP contribution in [-0.4, -0.2) is 19.7 Å². The third-order valence-electron chi connectivity index (χ3n) is 3.23. The van der Waals surface area contributed by atoms with Crippen LogP contribution >= 0.6 is 0 Å². The van der Waals surface area contributed by atoms with Gasteiger partial charge in [-0.2, -0.15) is 0 Å². The third kappa shape index (κ3) is 4.11. The maximum Gasteiger partial charge on any atom is 0.0979 e. The topological polar surface area (TPSA) is 21.3 Å². The molecule has 0 spiro atoms. The van der Waals surface area contributed by atoms with Gasteiger partial charge in [-0.1, -0.05) is 58.0 Å². The van der Waals surface area contributed by atoms with E-state index in [1.54, 1.807) is 7.11 Å². The second kappa shape index (κ2) is 6.91. The summed E-state index contributed by atoms with van der Waals surface area (Å²) in [6.45, 7) is 9.99. The summed E-state index contributed by atoms with van der Waals surface area (Å²) in [6, 6.07) is 10.8. The van der Waals surface area contributed by atoms with Crippen LogP contribution in [0.4, 0.5) is 0 Å². The number of hydrogen-bond donors (Lipinski definition) is 1. The van der Waals surface area contributed by atoms with Crippen molar-refractivity contribution in [1.29, 1.82) is 0 Å². The molecule has 1 aromatic carbocycles. The lowest BCUT2D eigenvalue weighted by atomic mass is 9.81. The second-order valence-electron chi connectivity index (χ2n) is 5.86. The summed E-state index contributed by atoms with van der Waals surface area (Å²) in [4.78, 5) is 0. The second-order valence-corrected chi connectivity index (χ2v) is 5.86. The van der Waals surface area contributed by atoms with E-state index in [0.717, 1.165) is 13.0 Å². The van der Waals surface area contributed by atoms with E-state index in [0.29, 0.717) is 6.04 Å². The highest BCUT2D eigenvalue weighted by molar-refractivity contribution is 5.20. The molecule has 0 saturated heterocycles. The fraction of sp³-hybridized carbons (Fsp3) is 0.625. The quantitative estimate of drug-likeness (QED) is 0.828. The van der Waals surface area contributed by atoms with Gasteiger partial charge in [-0.05, 0) is 23.9 Å². The van der Waals surface area contributed by atoms with Crippen molar-refractivity contribution in [2.24, 2.45) is 5.41 Å². The number of hydrogen-bond acceptors (Lipinski definition) is 2. The third-order valence-corrected chi connectivity index (χ3v) is 3.23. The maximum absolute atomic E-state index is 5.76. The highest BCUT2D eigenvalue weighted by atomic mass is 16.5. The van der Waals surface area contributed by atoms with Crippen LogP contribution in [0.5, 0.6) is 0 Å². The highest BCUT2D eigenvalue weighted by Gasteiger charge is 2.32. The van der Waals surface area contributed by atoms with Crippen LogP contribution in [0.1, 0.15) is 45.8 Å². The Hall–Kier alpha value is -0.860. The summed E-state index contributed by atoms with van der Waals surface area (Å²) in [5, 5.41) is 3.63. The average Bonchev–Trinajstić information content (AvgIpc) is 2.34. The van der Waals surface area contributed by atoms with Gasteiger partial charge in [-0.15, -0.1) is 0 Å². The first kappa shape index (κ1) is 15.2. The standard InChI is InChI=1S/C16H27NO/c1-6-12-17-15(16(2,3)4)14(18-5)13-10-8-7-9-11-13/h7-11,14-15,17H,6,12H2,1-5H3. The lowest BCUT2D eigenvalue weighted by molar-refractivity contribution is 0.0277. The van der Waals surface area contributed by atoms with E-state index in [4.69, 9.17) is 4.74 Å². The van der Waals surface area contributed by atoms with Gasteiger partial charge in [-0.25, -0.2) is 0 Å².